The molecule has 0 aromatic heterocycles. The summed E-state index contributed by atoms with van der Waals surface area (Å²) in [4.78, 5) is 0. The van der Waals surface area contributed by atoms with Gasteiger partial charge in [0.05, 0.1) is 26.4 Å². The van der Waals surface area contributed by atoms with E-state index in [9.17, 15) is 5.11 Å². The van der Waals surface area contributed by atoms with Crippen LogP contribution in [0.25, 0.3) is 0 Å². The van der Waals surface area contributed by atoms with Gasteiger partial charge in [0.2, 0.25) is 0 Å². The zero-order chi connectivity index (χ0) is 22.2. The van der Waals surface area contributed by atoms with Gasteiger partial charge in [-0.3, -0.25) is 0 Å². The number of hydrogen-bond donors (Lipinski definition) is 1. The highest BCUT2D eigenvalue weighted by Gasteiger charge is 2.55. The van der Waals surface area contributed by atoms with Crippen LogP contribution >= 0.6 is 0 Å². The van der Waals surface area contributed by atoms with Gasteiger partial charge in [-0.05, 0) is 23.6 Å². The van der Waals surface area contributed by atoms with Gasteiger partial charge >= 0.3 is 0 Å². The molecule has 0 aliphatic carbocycles. The molecule has 0 spiro atoms. The minimum absolute atomic E-state index is 0.287. The smallest absolute Gasteiger partial charge is 0.187 e. The molecule has 1 aliphatic rings. The second-order valence-corrected chi connectivity index (χ2v) is 8.20. The molecule has 0 saturated carbocycles. The van der Waals surface area contributed by atoms with Gasteiger partial charge in [0.15, 0.2) is 6.29 Å². The molecule has 1 saturated heterocycles. The van der Waals surface area contributed by atoms with Crippen molar-refractivity contribution in [3.8, 4) is 0 Å². The van der Waals surface area contributed by atoms with Crippen LogP contribution < -0.4 is 0 Å². The summed E-state index contributed by atoms with van der Waals surface area (Å²) >= 11 is 0. The van der Waals surface area contributed by atoms with Crippen LogP contribution in [0.3, 0.4) is 0 Å². The molecule has 1 fully saturated rings. The maximum Gasteiger partial charge on any atom is 0.187 e. The van der Waals surface area contributed by atoms with Crippen LogP contribution in [0.4, 0.5) is 0 Å². The van der Waals surface area contributed by atoms with Crippen molar-refractivity contribution in [2.75, 3.05) is 6.61 Å². The summed E-state index contributed by atoms with van der Waals surface area (Å²) in [6.45, 7) is 3.33. The first kappa shape index (κ1) is 22.6. The fourth-order valence-electron chi connectivity index (χ4n) is 3.88. The van der Waals surface area contributed by atoms with Crippen LogP contribution in [0.2, 0.25) is 0 Å². The van der Waals surface area contributed by atoms with E-state index in [1.54, 1.807) is 0 Å². The molecule has 4 atom stereocenters. The topological polar surface area (TPSA) is 57.2 Å². The van der Waals surface area contributed by atoms with E-state index in [1.807, 2.05) is 97.9 Å². The molecule has 1 N–H and O–H groups in total. The third-order valence-corrected chi connectivity index (χ3v) is 5.76. The summed E-state index contributed by atoms with van der Waals surface area (Å²) in [5.74, 6) is 0. The zero-order valence-corrected chi connectivity index (χ0v) is 18.3. The Balaban J connectivity index is 1.45. The predicted molar refractivity (Wildman–Crippen MR) is 122 cm³/mol. The Morgan fingerprint density at radius 2 is 1.25 bits per heavy atom. The van der Waals surface area contributed by atoms with E-state index in [1.165, 1.54) is 0 Å². The molecule has 168 valence electrons. The Bertz CT molecular complexity index is 934. The fraction of sp³-hybridized carbons (Fsp3) is 0.333. The zero-order valence-electron chi connectivity index (χ0n) is 18.3. The summed E-state index contributed by atoms with van der Waals surface area (Å²) in [7, 11) is 0. The molecular formula is C27H30O5. The van der Waals surface area contributed by atoms with Crippen LogP contribution in [0.15, 0.2) is 91.0 Å². The van der Waals surface area contributed by atoms with Crippen molar-refractivity contribution < 1.29 is 24.1 Å². The first-order valence-electron chi connectivity index (χ1n) is 10.9. The average molecular weight is 435 g/mol. The Morgan fingerprint density at radius 3 is 1.81 bits per heavy atom. The lowest BCUT2D eigenvalue weighted by molar-refractivity contribution is -0.203. The van der Waals surface area contributed by atoms with Crippen molar-refractivity contribution in [3.05, 3.63) is 108 Å². The number of aliphatic hydroxyl groups excluding tert-OH is 1. The largest absolute Gasteiger partial charge is 0.374 e. The maximum atomic E-state index is 10.8. The molecular weight excluding hydrogens is 404 g/mol. The summed E-state index contributed by atoms with van der Waals surface area (Å²) < 4.78 is 24.3. The molecule has 5 heteroatoms. The molecule has 0 radical (unpaired) electrons. The van der Waals surface area contributed by atoms with Crippen molar-refractivity contribution >= 4 is 0 Å². The van der Waals surface area contributed by atoms with Gasteiger partial charge in [-0.1, -0.05) is 91.0 Å². The van der Waals surface area contributed by atoms with Gasteiger partial charge in [0.25, 0.3) is 0 Å². The minimum Gasteiger partial charge on any atom is -0.374 e. The second kappa shape index (κ2) is 10.9. The van der Waals surface area contributed by atoms with E-state index in [0.717, 1.165) is 16.7 Å². The van der Waals surface area contributed by atoms with Crippen molar-refractivity contribution in [1.29, 1.82) is 0 Å². The summed E-state index contributed by atoms with van der Waals surface area (Å²) in [6, 6.07) is 29.8. The normalized spacial score (nSPS) is 25.1. The number of benzene rings is 3. The molecule has 5 nitrogen and oxygen atoms in total. The van der Waals surface area contributed by atoms with Gasteiger partial charge in [-0.15, -0.1) is 0 Å². The Morgan fingerprint density at radius 1 is 0.750 bits per heavy atom. The van der Waals surface area contributed by atoms with Gasteiger partial charge in [0, 0.05) is 0 Å². The number of hydrogen-bond acceptors (Lipinski definition) is 5. The molecule has 32 heavy (non-hydrogen) atoms. The molecule has 3 aromatic rings. The highest BCUT2D eigenvalue weighted by Crippen LogP contribution is 2.37. The van der Waals surface area contributed by atoms with Gasteiger partial charge in [0.1, 0.15) is 17.8 Å². The van der Waals surface area contributed by atoms with E-state index in [-0.39, 0.29) is 6.61 Å². The predicted octanol–water partition coefficient (Wildman–Crippen LogP) is 4.48. The Hall–Kier alpha value is -2.54. The van der Waals surface area contributed by atoms with Crippen molar-refractivity contribution in [2.45, 2.75) is 50.8 Å². The van der Waals surface area contributed by atoms with E-state index in [2.05, 4.69) is 0 Å². The van der Waals surface area contributed by atoms with E-state index >= 15 is 0 Å². The van der Waals surface area contributed by atoms with Crippen LogP contribution in [0.1, 0.15) is 23.6 Å². The van der Waals surface area contributed by atoms with Crippen molar-refractivity contribution in [1.82, 2.24) is 0 Å². The molecule has 1 aliphatic heterocycles. The highest BCUT2D eigenvalue weighted by atomic mass is 16.7. The number of rotatable bonds is 10. The number of aliphatic hydroxyl groups is 1. The molecule has 1 heterocycles. The van der Waals surface area contributed by atoms with Crippen molar-refractivity contribution in [2.24, 2.45) is 0 Å². The van der Waals surface area contributed by atoms with Crippen LogP contribution in [0, 0.1) is 0 Å². The van der Waals surface area contributed by atoms with Crippen LogP contribution in [-0.2, 0) is 38.8 Å². The quantitative estimate of drug-likeness (QED) is 0.510. The minimum atomic E-state index is -1.13. The average Bonchev–Trinajstić information content (AvgIpc) is 3.07. The molecule has 4 rings (SSSR count). The third kappa shape index (κ3) is 5.63. The first-order chi connectivity index (χ1) is 15.6. The van der Waals surface area contributed by atoms with Gasteiger partial charge in [-0.2, -0.15) is 0 Å². The Kier molecular flexibility index (Phi) is 7.68. The highest BCUT2D eigenvalue weighted by molar-refractivity contribution is 5.16. The summed E-state index contributed by atoms with van der Waals surface area (Å²) in [5, 5.41) is 10.8. The van der Waals surface area contributed by atoms with Gasteiger partial charge < -0.3 is 24.1 Å². The molecule has 3 aromatic carbocycles. The monoisotopic (exact) mass is 434 g/mol. The number of ether oxygens (including phenoxy) is 4. The lowest BCUT2D eigenvalue weighted by Gasteiger charge is -2.33. The van der Waals surface area contributed by atoms with E-state index in [0.29, 0.717) is 19.8 Å². The fourth-order valence-corrected chi connectivity index (χ4v) is 3.88. The Labute approximate surface area is 189 Å². The second-order valence-electron chi connectivity index (χ2n) is 8.20. The molecule has 0 amide bonds. The van der Waals surface area contributed by atoms with Crippen molar-refractivity contribution in [3.63, 3.8) is 0 Å². The standard InChI is InChI=1S/C27H30O5/c1-27(31-19-23-15-9-4-10-16-23)25(30-18-22-13-7-3-8-14-22)24(32-26(27)28)20-29-17-21-11-5-2-6-12-21/h2-16,24-26,28H,17-20H2,1H3/t24?,25-,26?,27-/m1/s1. The third-order valence-electron chi connectivity index (χ3n) is 5.76. The van der Waals surface area contributed by atoms with Gasteiger partial charge in [-0.25, -0.2) is 0 Å². The summed E-state index contributed by atoms with van der Waals surface area (Å²) in [6.07, 6.45) is -2.09. The van der Waals surface area contributed by atoms with Crippen LogP contribution in [0.5, 0.6) is 0 Å². The van der Waals surface area contributed by atoms with E-state index in [4.69, 9.17) is 18.9 Å². The lowest BCUT2D eigenvalue weighted by Crippen LogP contribution is -2.49. The maximum absolute atomic E-state index is 10.8. The summed E-state index contributed by atoms with van der Waals surface area (Å²) in [5.41, 5.74) is 2.11. The molecule has 0 bridgehead atoms. The van der Waals surface area contributed by atoms with Crippen LogP contribution in [-0.4, -0.2) is 35.8 Å². The SMILES string of the molecule is C[C@]1(OCc2ccccc2)C(O)OC(COCc2ccccc2)[C@H]1OCc1ccccc1. The molecule has 2 unspecified atom stereocenters. The first-order valence-corrected chi connectivity index (χ1v) is 10.9. The van der Waals surface area contributed by atoms with E-state index < -0.39 is 24.1 Å². The lowest BCUT2D eigenvalue weighted by atomic mass is 9.96.